The summed E-state index contributed by atoms with van der Waals surface area (Å²) < 4.78 is 5.41. The summed E-state index contributed by atoms with van der Waals surface area (Å²) in [5.74, 6) is -0.650. The summed E-state index contributed by atoms with van der Waals surface area (Å²) in [4.78, 5) is 14.9. The highest BCUT2D eigenvalue weighted by Gasteiger charge is 2.34. The van der Waals surface area contributed by atoms with Gasteiger partial charge >= 0.3 is 5.97 Å². The van der Waals surface area contributed by atoms with Crippen LogP contribution in [0.15, 0.2) is 35.3 Å². The molecule has 0 fully saturated rings. The zero-order valence-electron chi connectivity index (χ0n) is 10.1. The second kappa shape index (κ2) is 5.18. The molecule has 0 saturated carbocycles. The van der Waals surface area contributed by atoms with Crippen LogP contribution < -0.4 is 5.73 Å². The highest BCUT2D eigenvalue weighted by Crippen LogP contribution is 2.16. The Hall–Kier alpha value is -1.88. The van der Waals surface area contributed by atoms with Crippen LogP contribution >= 0.6 is 0 Å². The summed E-state index contributed by atoms with van der Waals surface area (Å²) in [7, 11) is 0. The van der Waals surface area contributed by atoms with Crippen LogP contribution in [0.4, 0.5) is 0 Å². The first-order chi connectivity index (χ1) is 8.58. The molecule has 18 heavy (non-hydrogen) atoms. The van der Waals surface area contributed by atoms with Crippen LogP contribution in [0.2, 0.25) is 0 Å². The van der Waals surface area contributed by atoms with Gasteiger partial charge < -0.3 is 15.6 Å². The van der Waals surface area contributed by atoms with E-state index in [1.165, 1.54) is 0 Å². The van der Waals surface area contributed by atoms with Crippen molar-refractivity contribution in [3.05, 3.63) is 35.9 Å². The second-order valence-electron chi connectivity index (χ2n) is 4.37. The van der Waals surface area contributed by atoms with Gasteiger partial charge in [0.2, 0.25) is 5.90 Å². The molecule has 0 radical (unpaired) electrons. The van der Waals surface area contributed by atoms with Crippen molar-refractivity contribution in [1.82, 2.24) is 0 Å². The number of carboxylic acids is 1. The molecule has 2 rings (SSSR count). The van der Waals surface area contributed by atoms with Gasteiger partial charge in [0.1, 0.15) is 6.10 Å². The lowest BCUT2D eigenvalue weighted by Gasteiger charge is -2.13. The first-order valence-electron chi connectivity index (χ1n) is 5.84. The van der Waals surface area contributed by atoms with Crippen molar-refractivity contribution in [3.8, 4) is 0 Å². The molecule has 1 aliphatic heterocycles. The Morgan fingerprint density at radius 3 is 2.72 bits per heavy atom. The molecule has 1 aliphatic rings. The molecule has 5 heteroatoms. The number of aliphatic carboxylic acids is 1. The summed E-state index contributed by atoms with van der Waals surface area (Å²) in [6, 6.07) is 8.48. The van der Waals surface area contributed by atoms with E-state index in [0.717, 1.165) is 5.56 Å². The lowest BCUT2D eigenvalue weighted by atomic mass is 10.1. The predicted molar refractivity (Wildman–Crippen MR) is 67.5 cm³/mol. The molecule has 96 valence electrons. The van der Waals surface area contributed by atoms with Crippen LogP contribution in [-0.2, 0) is 16.0 Å². The largest absolute Gasteiger partial charge is 0.480 e. The molecule has 0 spiro atoms. The number of aliphatic imine (C=N–C) groups is 1. The highest BCUT2D eigenvalue weighted by molar-refractivity contribution is 5.88. The standard InChI is InChI=1S/C13H16N2O3/c1-8-11(13(16)17)15-12(18-8)10(14)7-9-5-3-2-4-6-9/h2-6,8,10-11H,7,14H2,1H3,(H,16,17)/t8-,10-,11-/m0/s1. The Morgan fingerprint density at radius 1 is 1.50 bits per heavy atom. The Bertz CT molecular complexity index is 459. The van der Waals surface area contributed by atoms with Gasteiger partial charge in [0.05, 0.1) is 6.04 Å². The molecule has 3 N–H and O–H groups in total. The number of hydrogen-bond donors (Lipinski definition) is 2. The van der Waals surface area contributed by atoms with Crippen molar-refractivity contribution < 1.29 is 14.6 Å². The molecule has 0 saturated heterocycles. The lowest BCUT2D eigenvalue weighted by molar-refractivity contribution is -0.139. The molecule has 1 heterocycles. The van der Waals surface area contributed by atoms with E-state index in [9.17, 15) is 4.79 Å². The molecule has 0 amide bonds. The van der Waals surface area contributed by atoms with Crippen molar-refractivity contribution >= 4 is 11.9 Å². The van der Waals surface area contributed by atoms with Gasteiger partial charge in [-0.15, -0.1) is 0 Å². The number of ether oxygens (including phenoxy) is 1. The van der Waals surface area contributed by atoms with Gasteiger partial charge in [-0.05, 0) is 18.9 Å². The van der Waals surface area contributed by atoms with Gasteiger partial charge in [-0.25, -0.2) is 9.79 Å². The van der Waals surface area contributed by atoms with Gasteiger partial charge in [0.15, 0.2) is 6.04 Å². The fourth-order valence-electron chi connectivity index (χ4n) is 1.92. The molecule has 1 aromatic rings. The van der Waals surface area contributed by atoms with Gasteiger partial charge in [-0.1, -0.05) is 30.3 Å². The Morgan fingerprint density at radius 2 is 2.17 bits per heavy atom. The Labute approximate surface area is 105 Å². The van der Waals surface area contributed by atoms with Crippen LogP contribution in [-0.4, -0.2) is 35.2 Å². The van der Waals surface area contributed by atoms with E-state index in [1.807, 2.05) is 30.3 Å². The monoisotopic (exact) mass is 248 g/mol. The minimum absolute atomic E-state index is 0.332. The topological polar surface area (TPSA) is 84.9 Å². The summed E-state index contributed by atoms with van der Waals surface area (Å²) in [5.41, 5.74) is 7.06. The predicted octanol–water partition coefficient (Wildman–Crippen LogP) is 0.827. The van der Waals surface area contributed by atoms with Crippen LogP contribution in [0.1, 0.15) is 12.5 Å². The van der Waals surface area contributed by atoms with E-state index in [2.05, 4.69) is 4.99 Å². The summed E-state index contributed by atoms with van der Waals surface area (Å²) in [6.45, 7) is 1.69. The maximum atomic E-state index is 10.9. The number of nitrogens with two attached hydrogens (primary N) is 1. The minimum Gasteiger partial charge on any atom is -0.480 e. The minimum atomic E-state index is -0.982. The smallest absolute Gasteiger partial charge is 0.332 e. The number of benzene rings is 1. The van der Waals surface area contributed by atoms with Crippen molar-refractivity contribution in [2.24, 2.45) is 10.7 Å². The van der Waals surface area contributed by atoms with Gasteiger partial charge in [0, 0.05) is 0 Å². The average molecular weight is 248 g/mol. The summed E-state index contributed by atoms with van der Waals surface area (Å²) >= 11 is 0. The third-order valence-corrected chi connectivity index (χ3v) is 2.89. The maximum absolute atomic E-state index is 10.9. The first kappa shape index (κ1) is 12.6. The van der Waals surface area contributed by atoms with Crippen molar-refractivity contribution in [2.75, 3.05) is 0 Å². The van der Waals surface area contributed by atoms with E-state index >= 15 is 0 Å². The number of hydrogen-bond acceptors (Lipinski definition) is 4. The molecular weight excluding hydrogens is 232 g/mol. The Balaban J connectivity index is 2.04. The van der Waals surface area contributed by atoms with E-state index < -0.39 is 24.2 Å². The molecular formula is C13H16N2O3. The summed E-state index contributed by atoms with van der Waals surface area (Å²) in [6.07, 6.45) is 0.123. The van der Waals surface area contributed by atoms with Gasteiger partial charge in [-0.2, -0.15) is 0 Å². The lowest BCUT2D eigenvalue weighted by Crippen LogP contribution is -2.34. The fourth-order valence-corrected chi connectivity index (χ4v) is 1.92. The van der Waals surface area contributed by atoms with Crippen molar-refractivity contribution in [3.63, 3.8) is 0 Å². The van der Waals surface area contributed by atoms with Crippen LogP contribution in [0.3, 0.4) is 0 Å². The van der Waals surface area contributed by atoms with Crippen molar-refractivity contribution in [2.45, 2.75) is 31.5 Å². The molecule has 3 atom stereocenters. The Kier molecular flexibility index (Phi) is 3.62. The SMILES string of the molecule is C[C@@H]1OC([C@@H](N)Cc2ccccc2)=N[C@@H]1C(=O)O. The van der Waals surface area contributed by atoms with E-state index in [4.69, 9.17) is 15.6 Å². The van der Waals surface area contributed by atoms with Crippen LogP contribution in [0.5, 0.6) is 0 Å². The zero-order valence-corrected chi connectivity index (χ0v) is 10.1. The van der Waals surface area contributed by atoms with Crippen molar-refractivity contribution in [1.29, 1.82) is 0 Å². The quantitative estimate of drug-likeness (QED) is 0.826. The molecule has 0 aliphatic carbocycles. The zero-order chi connectivity index (χ0) is 13.1. The first-order valence-corrected chi connectivity index (χ1v) is 5.84. The average Bonchev–Trinajstić information content (AvgIpc) is 2.73. The van der Waals surface area contributed by atoms with E-state index in [-0.39, 0.29) is 0 Å². The van der Waals surface area contributed by atoms with Gasteiger partial charge in [0.25, 0.3) is 0 Å². The number of carboxylic acid groups (broad SMARTS) is 1. The molecule has 0 unspecified atom stereocenters. The van der Waals surface area contributed by atoms with E-state index in [1.54, 1.807) is 6.92 Å². The third-order valence-electron chi connectivity index (χ3n) is 2.89. The molecule has 0 bridgehead atoms. The summed E-state index contributed by atoms with van der Waals surface area (Å²) in [5, 5.41) is 8.95. The van der Waals surface area contributed by atoms with E-state index in [0.29, 0.717) is 12.3 Å². The van der Waals surface area contributed by atoms with Gasteiger partial charge in [-0.3, -0.25) is 0 Å². The fraction of sp³-hybridized carbons (Fsp3) is 0.385. The normalized spacial score (nSPS) is 24.2. The molecule has 0 aromatic heterocycles. The van der Waals surface area contributed by atoms with Crippen LogP contribution in [0.25, 0.3) is 0 Å². The second-order valence-corrected chi connectivity index (χ2v) is 4.37. The third kappa shape index (κ3) is 2.68. The number of nitrogens with zero attached hydrogens (tertiary/aromatic N) is 1. The highest BCUT2D eigenvalue weighted by atomic mass is 16.5. The number of carbonyl (C=O) groups is 1. The maximum Gasteiger partial charge on any atom is 0.332 e. The van der Waals surface area contributed by atoms with Crippen LogP contribution in [0, 0.1) is 0 Å². The molecule has 5 nitrogen and oxygen atoms in total. The molecule has 1 aromatic carbocycles. The number of rotatable bonds is 4.